The summed E-state index contributed by atoms with van der Waals surface area (Å²) in [5.74, 6) is -0.314. The van der Waals surface area contributed by atoms with Crippen molar-refractivity contribution >= 4 is 21.6 Å². The zero-order valence-electron chi connectivity index (χ0n) is 17.4. The molecule has 30 heavy (non-hydrogen) atoms. The molecule has 0 bridgehead atoms. The standard InChI is InChI=1S/C22H27FN2O4S/c1-4-22(5-2)14-19(18-11-6-7-12-20(18)29-22)24-21(26)15-25(30(3,27)28)17-10-8-9-16(23)13-17/h6-13,19H,4-5,14-15H2,1-3H3,(H,24,26)/t19-/m0/s1. The highest BCUT2D eigenvalue weighted by molar-refractivity contribution is 7.92. The zero-order valence-corrected chi connectivity index (χ0v) is 18.2. The van der Waals surface area contributed by atoms with Crippen LogP contribution in [0.3, 0.4) is 0 Å². The molecule has 1 heterocycles. The predicted molar refractivity (Wildman–Crippen MR) is 114 cm³/mol. The van der Waals surface area contributed by atoms with Gasteiger partial charge in [-0.05, 0) is 37.1 Å². The third kappa shape index (κ3) is 4.75. The van der Waals surface area contributed by atoms with Crippen LogP contribution >= 0.6 is 0 Å². The molecule has 0 radical (unpaired) electrons. The van der Waals surface area contributed by atoms with Crippen molar-refractivity contribution in [2.24, 2.45) is 0 Å². The molecule has 1 aliphatic rings. The Morgan fingerprint density at radius 1 is 1.20 bits per heavy atom. The average Bonchev–Trinajstić information content (AvgIpc) is 2.71. The molecule has 0 spiro atoms. The van der Waals surface area contributed by atoms with Crippen molar-refractivity contribution in [3.05, 3.63) is 59.9 Å². The second-order valence-electron chi connectivity index (χ2n) is 7.60. The van der Waals surface area contributed by atoms with Gasteiger partial charge in [0.1, 0.15) is 23.7 Å². The van der Waals surface area contributed by atoms with Crippen LogP contribution in [0.1, 0.15) is 44.7 Å². The van der Waals surface area contributed by atoms with E-state index in [2.05, 4.69) is 5.32 Å². The number of fused-ring (bicyclic) bond motifs is 1. The molecule has 0 aromatic heterocycles. The van der Waals surface area contributed by atoms with Gasteiger partial charge in [0, 0.05) is 12.0 Å². The summed E-state index contributed by atoms with van der Waals surface area (Å²) in [6.45, 7) is 3.66. The van der Waals surface area contributed by atoms with Crippen LogP contribution in [0.15, 0.2) is 48.5 Å². The summed E-state index contributed by atoms with van der Waals surface area (Å²) in [5, 5.41) is 2.97. The van der Waals surface area contributed by atoms with E-state index >= 15 is 0 Å². The minimum absolute atomic E-state index is 0.108. The summed E-state index contributed by atoms with van der Waals surface area (Å²) in [6.07, 6.45) is 3.14. The lowest BCUT2D eigenvalue weighted by Gasteiger charge is -2.41. The fourth-order valence-corrected chi connectivity index (χ4v) is 4.68. The lowest BCUT2D eigenvalue weighted by molar-refractivity contribution is -0.121. The Morgan fingerprint density at radius 3 is 2.53 bits per heavy atom. The molecule has 2 aromatic rings. The van der Waals surface area contributed by atoms with Gasteiger partial charge in [-0.3, -0.25) is 9.10 Å². The van der Waals surface area contributed by atoms with Crippen molar-refractivity contribution in [1.82, 2.24) is 5.32 Å². The van der Waals surface area contributed by atoms with Crippen LogP contribution in [0.2, 0.25) is 0 Å². The molecule has 3 rings (SSSR count). The van der Waals surface area contributed by atoms with Gasteiger partial charge in [0.25, 0.3) is 0 Å². The highest BCUT2D eigenvalue weighted by atomic mass is 32.2. The first kappa shape index (κ1) is 22.1. The first-order chi connectivity index (χ1) is 14.2. The van der Waals surface area contributed by atoms with E-state index in [4.69, 9.17) is 4.74 Å². The molecule has 0 fully saturated rings. The van der Waals surface area contributed by atoms with Gasteiger partial charge < -0.3 is 10.1 Å². The molecular formula is C22H27FN2O4S. The second-order valence-corrected chi connectivity index (χ2v) is 9.51. The lowest BCUT2D eigenvalue weighted by Crippen LogP contribution is -2.47. The Balaban J connectivity index is 1.85. The summed E-state index contributed by atoms with van der Waals surface area (Å²) in [7, 11) is -3.78. The maximum Gasteiger partial charge on any atom is 0.241 e. The van der Waals surface area contributed by atoms with Crippen molar-refractivity contribution in [3.8, 4) is 5.75 Å². The number of halogens is 1. The molecule has 2 aromatic carbocycles. The number of para-hydroxylation sites is 1. The average molecular weight is 435 g/mol. The van der Waals surface area contributed by atoms with Crippen LogP contribution in [-0.2, 0) is 14.8 Å². The number of nitrogens with zero attached hydrogens (tertiary/aromatic N) is 1. The molecule has 1 atom stereocenters. The summed E-state index contributed by atoms with van der Waals surface area (Å²) in [6, 6.07) is 12.4. The summed E-state index contributed by atoms with van der Waals surface area (Å²) < 4.78 is 45.3. The second kappa shape index (κ2) is 8.63. The number of hydrogen-bond acceptors (Lipinski definition) is 4. The molecule has 8 heteroatoms. The van der Waals surface area contributed by atoms with Gasteiger partial charge in [-0.15, -0.1) is 0 Å². The maximum atomic E-state index is 13.6. The van der Waals surface area contributed by atoms with Crippen LogP contribution in [0.4, 0.5) is 10.1 Å². The van der Waals surface area contributed by atoms with Gasteiger partial charge >= 0.3 is 0 Å². The monoisotopic (exact) mass is 434 g/mol. The molecular weight excluding hydrogens is 407 g/mol. The topological polar surface area (TPSA) is 75.7 Å². The number of nitrogens with one attached hydrogen (secondary N) is 1. The van der Waals surface area contributed by atoms with E-state index in [0.717, 1.165) is 40.8 Å². The van der Waals surface area contributed by atoms with E-state index in [1.165, 1.54) is 18.2 Å². The molecule has 162 valence electrons. The number of carbonyl (C=O) groups is 1. The largest absolute Gasteiger partial charge is 0.487 e. The van der Waals surface area contributed by atoms with Gasteiger partial charge in [0.15, 0.2) is 0 Å². The normalized spacial score (nSPS) is 17.5. The van der Waals surface area contributed by atoms with Gasteiger partial charge in [-0.2, -0.15) is 0 Å². The molecule has 1 N–H and O–H groups in total. The molecule has 1 amide bonds. The molecule has 0 saturated carbocycles. The van der Waals surface area contributed by atoms with E-state index in [9.17, 15) is 17.6 Å². The van der Waals surface area contributed by atoms with E-state index in [-0.39, 0.29) is 11.7 Å². The van der Waals surface area contributed by atoms with Crippen molar-refractivity contribution in [3.63, 3.8) is 0 Å². The number of anilines is 1. The number of ether oxygens (including phenoxy) is 1. The number of amides is 1. The molecule has 6 nitrogen and oxygen atoms in total. The highest BCUT2D eigenvalue weighted by Gasteiger charge is 2.39. The zero-order chi connectivity index (χ0) is 21.9. The van der Waals surface area contributed by atoms with E-state index < -0.39 is 33.9 Å². The first-order valence-corrected chi connectivity index (χ1v) is 11.8. The molecule has 0 unspecified atom stereocenters. The van der Waals surface area contributed by atoms with Gasteiger partial charge in [-0.25, -0.2) is 12.8 Å². The van der Waals surface area contributed by atoms with E-state index in [0.29, 0.717) is 6.42 Å². The van der Waals surface area contributed by atoms with E-state index in [1.54, 1.807) is 0 Å². The van der Waals surface area contributed by atoms with Crippen LogP contribution in [-0.4, -0.2) is 32.7 Å². The summed E-state index contributed by atoms with van der Waals surface area (Å²) >= 11 is 0. The van der Waals surface area contributed by atoms with E-state index in [1.807, 2.05) is 38.1 Å². The fourth-order valence-electron chi connectivity index (χ4n) is 3.83. The lowest BCUT2D eigenvalue weighted by atomic mass is 9.83. The van der Waals surface area contributed by atoms with Crippen LogP contribution in [0, 0.1) is 5.82 Å². The van der Waals surface area contributed by atoms with Crippen LogP contribution in [0.5, 0.6) is 5.75 Å². The third-order valence-corrected chi connectivity index (χ3v) is 6.75. The predicted octanol–water partition coefficient (Wildman–Crippen LogP) is 3.79. The quantitative estimate of drug-likeness (QED) is 0.719. The van der Waals surface area contributed by atoms with Crippen molar-refractivity contribution < 1.29 is 22.3 Å². The third-order valence-electron chi connectivity index (χ3n) is 5.60. The Morgan fingerprint density at radius 2 is 1.90 bits per heavy atom. The van der Waals surface area contributed by atoms with Crippen molar-refractivity contribution in [1.29, 1.82) is 0 Å². The summed E-state index contributed by atoms with van der Waals surface area (Å²) in [4.78, 5) is 12.9. The molecule has 1 aliphatic heterocycles. The minimum atomic E-state index is -3.78. The van der Waals surface area contributed by atoms with Crippen molar-refractivity contribution in [2.45, 2.75) is 44.8 Å². The number of benzene rings is 2. The molecule has 0 saturated heterocycles. The number of sulfonamides is 1. The van der Waals surface area contributed by atoms with Gasteiger partial charge in [0.05, 0.1) is 18.0 Å². The molecule has 0 aliphatic carbocycles. The maximum absolute atomic E-state index is 13.6. The first-order valence-electron chi connectivity index (χ1n) is 9.98. The SMILES string of the molecule is CCC1(CC)C[C@H](NC(=O)CN(c2cccc(F)c2)S(C)(=O)=O)c2ccccc2O1. The smallest absolute Gasteiger partial charge is 0.241 e. The van der Waals surface area contributed by atoms with Gasteiger partial charge in [0.2, 0.25) is 15.9 Å². The number of carbonyl (C=O) groups excluding carboxylic acids is 1. The highest BCUT2D eigenvalue weighted by Crippen LogP contribution is 2.42. The van der Waals surface area contributed by atoms with Crippen LogP contribution in [0.25, 0.3) is 0 Å². The van der Waals surface area contributed by atoms with Crippen LogP contribution < -0.4 is 14.4 Å². The van der Waals surface area contributed by atoms with Crippen molar-refractivity contribution in [2.75, 3.05) is 17.1 Å². The number of hydrogen-bond donors (Lipinski definition) is 1. The Bertz CT molecular complexity index is 1020. The number of rotatable bonds is 7. The van der Waals surface area contributed by atoms with Gasteiger partial charge in [-0.1, -0.05) is 38.1 Å². The Hall–Kier alpha value is -2.61. The minimum Gasteiger partial charge on any atom is -0.487 e. The fraction of sp³-hybridized carbons (Fsp3) is 0.409. The Kier molecular flexibility index (Phi) is 6.36. The summed E-state index contributed by atoms with van der Waals surface area (Å²) in [5.41, 5.74) is 0.572. The Labute approximate surface area is 177 Å².